The summed E-state index contributed by atoms with van der Waals surface area (Å²) < 4.78 is 0. The minimum absolute atomic E-state index is 0. The maximum absolute atomic E-state index is 4.72. The Hall–Kier alpha value is -1.56. The topological polar surface area (TPSA) is 0 Å². The molecule has 0 aliphatic heterocycles. The molecule has 2 heteroatoms. The maximum Gasteiger partial charge on any atom is 0.0122 e. The van der Waals surface area contributed by atoms with E-state index in [0.29, 0.717) is 0 Å². The summed E-state index contributed by atoms with van der Waals surface area (Å²) in [5.74, 6) is 0. The Balaban J connectivity index is 0.00000146. The first-order chi connectivity index (χ1) is 11.2. The molecule has 5 aromatic carbocycles. The van der Waals surface area contributed by atoms with E-state index in [-0.39, 0.29) is 21.1 Å². The van der Waals surface area contributed by atoms with Gasteiger partial charge in [0.25, 0.3) is 0 Å². The third kappa shape index (κ3) is 1.92. The van der Waals surface area contributed by atoms with Gasteiger partial charge in [-0.1, -0.05) is 47.3 Å². The van der Waals surface area contributed by atoms with Crippen molar-refractivity contribution in [2.75, 3.05) is 0 Å². The third-order valence-electron chi connectivity index (χ3n) is 5.09. The maximum atomic E-state index is 4.72. The zero-order valence-corrected chi connectivity index (χ0v) is 17.3. The van der Waals surface area contributed by atoms with Gasteiger partial charge in [0.2, 0.25) is 0 Å². The molecule has 5 rings (SSSR count). The molecular weight excluding hydrogens is 480 g/mol. The van der Waals surface area contributed by atoms with E-state index in [1.54, 1.807) is 0 Å². The van der Waals surface area contributed by atoms with Gasteiger partial charge >= 0.3 is 0 Å². The summed E-state index contributed by atoms with van der Waals surface area (Å²) in [6.45, 7) is 4.33. The van der Waals surface area contributed by atoms with Crippen LogP contribution in [0.3, 0.4) is 0 Å². The predicted octanol–water partition coefficient (Wildman–Crippen LogP) is 6.44. The van der Waals surface area contributed by atoms with E-state index in [1.807, 2.05) is 0 Å². The van der Waals surface area contributed by atoms with Crippen LogP contribution >= 0.6 is 12.6 Å². The van der Waals surface area contributed by atoms with Crippen LogP contribution in [0.1, 0.15) is 11.1 Å². The number of thiol groups is 1. The van der Waals surface area contributed by atoms with Crippen LogP contribution in [-0.4, -0.2) is 0 Å². The normalized spacial score (nSPS) is 11.6. The van der Waals surface area contributed by atoms with Gasteiger partial charge in [-0.3, -0.25) is 0 Å². The Kier molecular flexibility index (Phi) is 3.64. The van der Waals surface area contributed by atoms with Gasteiger partial charge in [0, 0.05) is 26.0 Å². The first-order valence-corrected chi connectivity index (χ1v) is 8.31. The molecule has 0 amide bonds. The smallest absolute Gasteiger partial charge is 0.0122 e. The molecule has 24 heavy (non-hydrogen) atoms. The molecule has 0 aliphatic carbocycles. The second-order valence-corrected chi connectivity index (χ2v) is 6.87. The number of hydrogen-bond donors (Lipinski definition) is 1. The Morgan fingerprint density at radius 2 is 1.25 bits per heavy atom. The van der Waals surface area contributed by atoms with E-state index >= 15 is 0 Å². The third-order valence-corrected chi connectivity index (χ3v) is 5.46. The van der Waals surface area contributed by atoms with Crippen LogP contribution in [0.25, 0.3) is 43.1 Å². The fourth-order valence-corrected chi connectivity index (χ4v) is 4.37. The average Bonchev–Trinajstić information content (AvgIpc) is 2.56. The molecule has 0 nitrogen and oxygen atoms in total. The molecule has 0 N–H and O–H groups in total. The van der Waals surface area contributed by atoms with Crippen molar-refractivity contribution >= 4 is 55.7 Å². The molecule has 0 saturated heterocycles. The van der Waals surface area contributed by atoms with Crippen molar-refractivity contribution in [2.24, 2.45) is 0 Å². The molecular formula is C22H15SW-. The van der Waals surface area contributed by atoms with Gasteiger partial charge in [-0.15, -0.1) is 47.8 Å². The minimum atomic E-state index is 0. The number of benzene rings is 5. The van der Waals surface area contributed by atoms with Crippen LogP contribution in [0.4, 0.5) is 0 Å². The van der Waals surface area contributed by atoms with Crippen molar-refractivity contribution in [1.82, 2.24) is 0 Å². The van der Waals surface area contributed by atoms with Crippen molar-refractivity contribution in [3.8, 4) is 0 Å². The minimum Gasteiger partial charge on any atom is -0.146 e. The summed E-state index contributed by atoms with van der Waals surface area (Å²) >= 11 is 4.72. The van der Waals surface area contributed by atoms with Gasteiger partial charge in [0.05, 0.1) is 0 Å². The number of fused-ring (bicyclic) bond motifs is 2. The SMILES string of the molecule is Cc1ccc2c3ccc(C)c4c(S)ccc(c5cc[c-]c1c25)c43.[W]. The van der Waals surface area contributed by atoms with Crippen LogP contribution in [0.15, 0.2) is 53.4 Å². The molecule has 0 radical (unpaired) electrons. The van der Waals surface area contributed by atoms with Gasteiger partial charge in [0.1, 0.15) is 0 Å². The molecule has 0 spiro atoms. The largest absolute Gasteiger partial charge is 0.146 e. The second-order valence-electron chi connectivity index (χ2n) is 6.38. The Morgan fingerprint density at radius 1 is 0.667 bits per heavy atom. The van der Waals surface area contributed by atoms with Crippen LogP contribution in [0.2, 0.25) is 0 Å². The molecule has 0 aromatic heterocycles. The molecule has 0 fully saturated rings. The number of aryl methyl sites for hydroxylation is 2. The molecule has 0 aliphatic rings. The zero-order valence-electron chi connectivity index (χ0n) is 13.5. The molecule has 0 saturated carbocycles. The standard InChI is InChI=1S/C22H15S.W/c1-12-6-8-16-17-9-7-13(2)20-19(23)11-10-18(22(17)20)15-5-3-4-14(12)21(15)16;/h3,5-11,23H,1-2H3;/q-1;. The Labute approximate surface area is 160 Å². The van der Waals surface area contributed by atoms with E-state index in [1.165, 1.54) is 54.2 Å². The first-order valence-electron chi connectivity index (χ1n) is 7.87. The molecule has 5 aromatic rings. The van der Waals surface area contributed by atoms with Crippen LogP contribution in [-0.2, 0) is 21.1 Å². The molecule has 0 bridgehead atoms. The van der Waals surface area contributed by atoms with Gasteiger partial charge in [-0.2, -0.15) is 0 Å². The molecule has 116 valence electrons. The quantitative estimate of drug-likeness (QED) is 0.109. The fourth-order valence-electron chi connectivity index (χ4n) is 4.01. The summed E-state index contributed by atoms with van der Waals surface area (Å²) in [6, 6.07) is 21.0. The van der Waals surface area contributed by atoms with Crippen molar-refractivity contribution in [2.45, 2.75) is 18.7 Å². The van der Waals surface area contributed by atoms with Crippen molar-refractivity contribution in [3.63, 3.8) is 0 Å². The Morgan fingerprint density at radius 3 is 2.00 bits per heavy atom. The second kappa shape index (κ2) is 5.48. The zero-order chi connectivity index (χ0) is 15.7. The predicted molar refractivity (Wildman–Crippen MR) is 103 cm³/mol. The molecule has 0 atom stereocenters. The summed E-state index contributed by atoms with van der Waals surface area (Å²) in [5.41, 5.74) is 2.56. The van der Waals surface area contributed by atoms with Gasteiger partial charge in [-0.25, -0.2) is 0 Å². The van der Waals surface area contributed by atoms with Crippen molar-refractivity contribution in [3.05, 3.63) is 65.7 Å². The van der Waals surface area contributed by atoms with Crippen LogP contribution < -0.4 is 0 Å². The average molecular weight is 495 g/mol. The van der Waals surface area contributed by atoms with E-state index in [0.717, 1.165) is 4.90 Å². The number of hydrogen-bond acceptors (Lipinski definition) is 1. The van der Waals surface area contributed by atoms with Crippen molar-refractivity contribution in [1.29, 1.82) is 0 Å². The fraction of sp³-hybridized carbons (Fsp3) is 0.0909. The number of rotatable bonds is 0. The Bertz CT molecular complexity index is 1180. The summed E-state index contributed by atoms with van der Waals surface area (Å²) in [7, 11) is 0. The van der Waals surface area contributed by atoms with Crippen LogP contribution in [0, 0.1) is 19.9 Å². The van der Waals surface area contributed by atoms with Gasteiger partial charge in [-0.05, 0) is 40.1 Å². The van der Waals surface area contributed by atoms with Crippen molar-refractivity contribution < 1.29 is 21.1 Å². The summed E-state index contributed by atoms with van der Waals surface area (Å²) in [6.07, 6.45) is 0. The van der Waals surface area contributed by atoms with E-state index in [4.69, 9.17) is 12.6 Å². The molecule has 0 unspecified atom stereocenters. The monoisotopic (exact) mass is 495 g/mol. The van der Waals surface area contributed by atoms with E-state index in [9.17, 15) is 0 Å². The molecule has 0 heterocycles. The van der Waals surface area contributed by atoms with Gasteiger partial charge < -0.3 is 0 Å². The summed E-state index contributed by atoms with van der Waals surface area (Å²) in [4.78, 5) is 1.05. The van der Waals surface area contributed by atoms with E-state index < -0.39 is 0 Å². The van der Waals surface area contributed by atoms with Crippen LogP contribution in [0.5, 0.6) is 0 Å². The van der Waals surface area contributed by atoms with Gasteiger partial charge in [0.15, 0.2) is 0 Å². The first kappa shape index (κ1) is 15.9. The summed E-state index contributed by atoms with van der Waals surface area (Å²) in [5, 5.41) is 10.4. The van der Waals surface area contributed by atoms with E-state index in [2.05, 4.69) is 68.4 Å².